The minimum Gasteiger partial charge on any atom is -0.497 e. The van der Waals surface area contributed by atoms with Crippen LogP contribution >= 0.6 is 0 Å². The van der Waals surface area contributed by atoms with E-state index >= 15 is 0 Å². The zero-order valence-corrected chi connectivity index (χ0v) is 24.8. The average molecular weight is 561 g/mol. The first kappa shape index (κ1) is 29.9. The molecule has 3 unspecified atom stereocenters. The fourth-order valence-electron chi connectivity index (χ4n) is 5.98. The number of ketones is 1. The van der Waals surface area contributed by atoms with Crippen molar-refractivity contribution < 1.29 is 28.6 Å². The Kier molecular flexibility index (Phi) is 9.53. The molecule has 3 atom stereocenters. The maximum absolute atomic E-state index is 14.5. The molecule has 0 radical (unpaired) electrons. The van der Waals surface area contributed by atoms with Crippen LogP contribution in [0.5, 0.6) is 5.75 Å². The number of hydrogen-bond donors (Lipinski definition) is 1. The number of benzene rings is 2. The largest absolute Gasteiger partial charge is 0.497 e. The van der Waals surface area contributed by atoms with Crippen molar-refractivity contribution in [3.8, 4) is 5.75 Å². The minimum atomic E-state index is -1.05. The van der Waals surface area contributed by atoms with Crippen molar-refractivity contribution in [3.63, 3.8) is 0 Å². The molecule has 4 rings (SSSR count). The molecule has 1 N–H and O–H groups in total. The standard InChI is InChI=1S/C33H40N2O6/c1-7-35(8-2)23-15-11-22(12-16-23)28-27(32(37)40-9-3)20(5)34-26-19-25(21-13-17-24(39-6)18-14-21)29(31(36)30(26)28)33(38)41-10-4/h11-18,25,28-29,34H,7-10,19H2,1-6H3. The number of methoxy groups -OCH3 is 1. The molecule has 0 fully saturated rings. The van der Waals surface area contributed by atoms with Gasteiger partial charge in [-0.1, -0.05) is 24.3 Å². The highest BCUT2D eigenvalue weighted by Crippen LogP contribution is 2.48. The van der Waals surface area contributed by atoms with Gasteiger partial charge in [-0.05, 0) is 76.4 Å². The van der Waals surface area contributed by atoms with Crippen molar-refractivity contribution in [2.45, 2.75) is 52.9 Å². The lowest BCUT2D eigenvalue weighted by molar-refractivity contribution is -0.152. The molecule has 0 saturated heterocycles. The number of anilines is 1. The van der Waals surface area contributed by atoms with Crippen LogP contribution in [-0.2, 0) is 23.9 Å². The molecular weight excluding hydrogens is 520 g/mol. The first-order valence-electron chi connectivity index (χ1n) is 14.4. The lowest BCUT2D eigenvalue weighted by atomic mass is 9.67. The van der Waals surface area contributed by atoms with E-state index in [-0.39, 0.29) is 19.0 Å². The van der Waals surface area contributed by atoms with Gasteiger partial charge in [-0.25, -0.2) is 4.79 Å². The summed E-state index contributed by atoms with van der Waals surface area (Å²) in [6.45, 7) is 11.6. The number of nitrogens with one attached hydrogen (secondary N) is 1. The molecule has 2 aliphatic rings. The molecule has 0 amide bonds. The Balaban J connectivity index is 1.87. The van der Waals surface area contributed by atoms with E-state index in [2.05, 4.69) is 24.1 Å². The minimum absolute atomic E-state index is 0.158. The quantitative estimate of drug-likeness (QED) is 0.311. The second kappa shape index (κ2) is 13.1. The summed E-state index contributed by atoms with van der Waals surface area (Å²) in [5, 5.41) is 3.35. The van der Waals surface area contributed by atoms with Crippen LogP contribution in [0.15, 0.2) is 71.1 Å². The number of hydrogen-bond acceptors (Lipinski definition) is 8. The fourth-order valence-corrected chi connectivity index (χ4v) is 5.98. The number of nitrogens with zero attached hydrogens (tertiary/aromatic N) is 1. The molecule has 0 aromatic heterocycles. The molecular formula is C33H40N2O6. The highest BCUT2D eigenvalue weighted by atomic mass is 16.5. The maximum Gasteiger partial charge on any atom is 0.336 e. The van der Waals surface area contributed by atoms with E-state index < -0.39 is 29.7 Å². The predicted molar refractivity (Wildman–Crippen MR) is 158 cm³/mol. The summed E-state index contributed by atoms with van der Waals surface area (Å²) in [7, 11) is 1.59. The molecule has 1 aliphatic heterocycles. The van der Waals surface area contributed by atoms with E-state index in [9.17, 15) is 14.4 Å². The third kappa shape index (κ3) is 5.87. The highest BCUT2D eigenvalue weighted by Gasteiger charge is 2.49. The third-order valence-electron chi connectivity index (χ3n) is 7.95. The van der Waals surface area contributed by atoms with Gasteiger partial charge in [0.25, 0.3) is 0 Å². The zero-order valence-electron chi connectivity index (χ0n) is 24.8. The summed E-state index contributed by atoms with van der Waals surface area (Å²) in [6.07, 6.45) is 0.401. The van der Waals surface area contributed by atoms with E-state index in [1.54, 1.807) is 21.0 Å². The lowest BCUT2D eigenvalue weighted by Gasteiger charge is -2.39. The number of rotatable bonds is 10. The third-order valence-corrected chi connectivity index (χ3v) is 7.95. The Morgan fingerprint density at radius 2 is 1.51 bits per heavy atom. The second-order valence-corrected chi connectivity index (χ2v) is 10.2. The van der Waals surface area contributed by atoms with Crippen LogP contribution in [0.2, 0.25) is 0 Å². The molecule has 8 nitrogen and oxygen atoms in total. The molecule has 41 heavy (non-hydrogen) atoms. The molecule has 218 valence electrons. The van der Waals surface area contributed by atoms with Gasteiger partial charge < -0.3 is 24.4 Å². The molecule has 0 spiro atoms. The van der Waals surface area contributed by atoms with Gasteiger partial charge in [0.2, 0.25) is 0 Å². The molecule has 1 heterocycles. The smallest absolute Gasteiger partial charge is 0.336 e. The molecule has 8 heteroatoms. The molecule has 0 bridgehead atoms. The number of dihydropyridines is 1. The van der Waals surface area contributed by atoms with Crippen LogP contribution in [0.1, 0.15) is 64.0 Å². The van der Waals surface area contributed by atoms with Gasteiger partial charge in [0.15, 0.2) is 5.78 Å². The second-order valence-electron chi connectivity index (χ2n) is 10.2. The van der Waals surface area contributed by atoms with Crippen molar-refractivity contribution in [1.29, 1.82) is 0 Å². The van der Waals surface area contributed by atoms with Crippen molar-refractivity contribution in [1.82, 2.24) is 5.32 Å². The first-order chi connectivity index (χ1) is 19.8. The predicted octanol–water partition coefficient (Wildman–Crippen LogP) is 5.26. The first-order valence-corrected chi connectivity index (χ1v) is 14.4. The molecule has 1 aliphatic carbocycles. The summed E-state index contributed by atoms with van der Waals surface area (Å²) >= 11 is 0. The van der Waals surface area contributed by atoms with Crippen molar-refractivity contribution in [2.24, 2.45) is 5.92 Å². The molecule has 0 saturated carbocycles. The summed E-state index contributed by atoms with van der Waals surface area (Å²) in [4.78, 5) is 43.4. The lowest BCUT2D eigenvalue weighted by Crippen LogP contribution is -2.43. The Morgan fingerprint density at radius 1 is 0.902 bits per heavy atom. The monoisotopic (exact) mass is 560 g/mol. The van der Waals surface area contributed by atoms with E-state index in [0.29, 0.717) is 34.7 Å². The zero-order chi connectivity index (χ0) is 29.7. The van der Waals surface area contributed by atoms with Gasteiger partial charge in [0.1, 0.15) is 11.7 Å². The van der Waals surface area contributed by atoms with Crippen LogP contribution in [0.3, 0.4) is 0 Å². The number of carbonyl (C=O) groups excluding carboxylic acids is 3. The van der Waals surface area contributed by atoms with E-state index in [1.165, 1.54) is 0 Å². The highest BCUT2D eigenvalue weighted by molar-refractivity contribution is 6.13. The topological polar surface area (TPSA) is 94.2 Å². The van der Waals surface area contributed by atoms with Crippen molar-refractivity contribution in [3.05, 3.63) is 82.2 Å². The normalized spacial score (nSPS) is 20.2. The summed E-state index contributed by atoms with van der Waals surface area (Å²) < 4.78 is 16.2. The number of allylic oxidation sites excluding steroid dienone is 3. The number of esters is 2. The van der Waals surface area contributed by atoms with Gasteiger partial charge >= 0.3 is 11.9 Å². The van der Waals surface area contributed by atoms with Gasteiger partial charge in [0, 0.05) is 47.6 Å². The van der Waals surface area contributed by atoms with Crippen molar-refractivity contribution >= 4 is 23.4 Å². The van der Waals surface area contributed by atoms with Crippen LogP contribution in [0, 0.1) is 5.92 Å². The summed E-state index contributed by atoms with van der Waals surface area (Å²) in [6, 6.07) is 15.4. The Labute approximate surface area is 242 Å². The van der Waals surface area contributed by atoms with Crippen LogP contribution < -0.4 is 15.0 Å². The number of Topliss-reactive ketones (excluding diaryl/α,β-unsaturated/α-hetero) is 1. The van der Waals surface area contributed by atoms with Crippen LogP contribution in [0.25, 0.3) is 0 Å². The Bertz CT molecular complexity index is 1340. The van der Waals surface area contributed by atoms with Crippen LogP contribution in [0.4, 0.5) is 5.69 Å². The fraction of sp³-hybridized carbons (Fsp3) is 0.424. The van der Waals surface area contributed by atoms with Gasteiger partial charge in [-0.2, -0.15) is 0 Å². The van der Waals surface area contributed by atoms with Gasteiger partial charge in [-0.15, -0.1) is 0 Å². The van der Waals surface area contributed by atoms with E-state index in [4.69, 9.17) is 14.2 Å². The summed E-state index contributed by atoms with van der Waals surface area (Å²) in [5.74, 6) is -2.89. The Morgan fingerprint density at radius 3 is 2.07 bits per heavy atom. The molecule has 2 aromatic rings. The SMILES string of the molecule is CCOC(=O)C1=C(C)NC2=C(C(=O)C(C(=O)OCC)C(c3ccc(OC)cc3)C2)C1c1ccc(N(CC)CC)cc1. The van der Waals surface area contributed by atoms with E-state index in [1.807, 2.05) is 55.5 Å². The van der Waals surface area contributed by atoms with Gasteiger partial charge in [-0.3, -0.25) is 9.59 Å². The van der Waals surface area contributed by atoms with Crippen molar-refractivity contribution in [2.75, 3.05) is 38.3 Å². The number of carbonyl (C=O) groups is 3. The average Bonchev–Trinajstić information content (AvgIpc) is 2.97. The van der Waals surface area contributed by atoms with E-state index in [0.717, 1.165) is 29.9 Å². The Hall–Kier alpha value is -4.07. The van der Waals surface area contributed by atoms with Gasteiger partial charge in [0.05, 0.1) is 25.9 Å². The molecule has 2 aromatic carbocycles. The van der Waals surface area contributed by atoms with Crippen LogP contribution in [-0.4, -0.2) is 51.1 Å². The summed E-state index contributed by atoms with van der Waals surface area (Å²) in [5.41, 5.74) is 4.81. The number of ether oxygens (including phenoxy) is 3. The maximum atomic E-state index is 14.5.